The smallest absolute Gasteiger partial charge is 0.0820 e. The Morgan fingerprint density at radius 1 is 0.260 bits per heavy atom. The predicted molar refractivity (Wildman–Crippen MR) is 305 cm³/mol. The molecule has 342 valence electrons. The van der Waals surface area contributed by atoms with Crippen LogP contribution in [0.25, 0.3) is 43.5 Å². The van der Waals surface area contributed by atoms with Gasteiger partial charge in [-0.2, -0.15) is 0 Å². The van der Waals surface area contributed by atoms with Crippen LogP contribution in [-0.4, -0.2) is 0 Å². The van der Waals surface area contributed by atoms with Crippen molar-refractivity contribution in [2.24, 2.45) is 0 Å². The molecule has 0 fully saturated rings. The van der Waals surface area contributed by atoms with E-state index in [1.165, 1.54) is 87.3 Å². The Morgan fingerprint density at radius 3 is 1.12 bits per heavy atom. The van der Waals surface area contributed by atoms with Gasteiger partial charge in [0.25, 0.3) is 0 Å². The van der Waals surface area contributed by atoms with E-state index < -0.39 is 10.8 Å². The summed E-state index contributed by atoms with van der Waals surface area (Å²) < 4.78 is 1.31. The minimum absolute atomic E-state index is 0.535. The number of para-hydroxylation sites is 3. The first-order valence-electron chi connectivity index (χ1n) is 25.2. The van der Waals surface area contributed by atoms with Gasteiger partial charge < -0.3 is 9.80 Å². The molecule has 3 aliphatic rings. The van der Waals surface area contributed by atoms with Crippen molar-refractivity contribution in [3.05, 3.63) is 323 Å². The Morgan fingerprint density at radius 2 is 0.616 bits per heavy atom. The molecule has 0 radical (unpaired) electrons. The van der Waals surface area contributed by atoms with Crippen LogP contribution in [0.4, 0.5) is 34.1 Å². The van der Waals surface area contributed by atoms with Gasteiger partial charge in [0.2, 0.25) is 0 Å². The molecule has 2 nitrogen and oxygen atoms in total. The van der Waals surface area contributed by atoms with E-state index in [1.807, 2.05) is 11.3 Å². The lowest BCUT2D eigenvalue weighted by Crippen LogP contribution is -2.28. The summed E-state index contributed by atoms with van der Waals surface area (Å²) in [5, 5.41) is 1.31. The molecule has 1 spiro atoms. The Balaban J connectivity index is 0.993. The molecule has 3 aliphatic carbocycles. The van der Waals surface area contributed by atoms with Crippen molar-refractivity contribution in [2.45, 2.75) is 10.8 Å². The van der Waals surface area contributed by atoms with Crippen molar-refractivity contribution < 1.29 is 0 Å². The number of nitrogens with zero attached hydrogens (tertiary/aromatic N) is 2. The summed E-state index contributed by atoms with van der Waals surface area (Å²) in [7, 11) is 0. The summed E-state index contributed by atoms with van der Waals surface area (Å²) >= 11 is 1.96. The van der Waals surface area contributed by atoms with Crippen LogP contribution in [0.3, 0.4) is 0 Å². The molecule has 73 heavy (non-hydrogen) atoms. The molecular formula is C70H46N2S. The number of fused-ring (bicyclic) bond motifs is 15. The van der Waals surface area contributed by atoms with Crippen molar-refractivity contribution in [2.75, 3.05) is 9.80 Å². The predicted octanol–water partition coefficient (Wildman–Crippen LogP) is 18.5. The van der Waals surface area contributed by atoms with Gasteiger partial charge in [0.1, 0.15) is 0 Å². The lowest BCUT2D eigenvalue weighted by Gasteiger charge is -2.35. The summed E-state index contributed by atoms with van der Waals surface area (Å²) in [6, 6.07) is 104. The molecule has 1 heterocycles. The van der Waals surface area contributed by atoms with Crippen LogP contribution in [0.5, 0.6) is 0 Å². The van der Waals surface area contributed by atoms with Crippen molar-refractivity contribution in [3.63, 3.8) is 0 Å². The normalized spacial score (nSPS) is 15.0. The maximum Gasteiger partial charge on any atom is 0.0820 e. The summed E-state index contributed by atoms with van der Waals surface area (Å²) in [6.45, 7) is 0. The topological polar surface area (TPSA) is 6.48 Å². The highest BCUT2D eigenvalue weighted by atomic mass is 32.1. The fourth-order valence-electron chi connectivity index (χ4n) is 13.0. The van der Waals surface area contributed by atoms with Crippen molar-refractivity contribution in [1.82, 2.24) is 0 Å². The fourth-order valence-corrected chi connectivity index (χ4v) is 14.5. The monoisotopic (exact) mass is 946 g/mol. The third kappa shape index (κ3) is 5.92. The lowest BCUT2D eigenvalue weighted by atomic mass is 9.67. The second kappa shape index (κ2) is 16.3. The maximum absolute atomic E-state index is 2.54. The van der Waals surface area contributed by atoms with E-state index in [-0.39, 0.29) is 0 Å². The third-order valence-corrected chi connectivity index (χ3v) is 17.2. The number of thiophene rings is 1. The molecule has 15 rings (SSSR count). The second-order valence-corrected chi connectivity index (χ2v) is 20.5. The average Bonchev–Trinajstić information content (AvgIpc) is 4.17. The van der Waals surface area contributed by atoms with E-state index in [0.29, 0.717) is 0 Å². The zero-order valence-corrected chi connectivity index (χ0v) is 40.7. The number of rotatable bonds is 8. The van der Waals surface area contributed by atoms with Crippen LogP contribution >= 0.6 is 11.3 Å². The minimum Gasteiger partial charge on any atom is -0.310 e. The van der Waals surface area contributed by atoms with Gasteiger partial charge in [0.05, 0.1) is 10.8 Å². The van der Waals surface area contributed by atoms with Crippen molar-refractivity contribution >= 4 is 55.5 Å². The van der Waals surface area contributed by atoms with Gasteiger partial charge in [-0.15, -0.1) is 11.3 Å². The largest absolute Gasteiger partial charge is 0.310 e. The SMILES string of the molecule is c1ccc(N(c2ccc3c(c2)C(c2ccccc2)(c2ccccc2)c2ccccc2-3)c2ccc3c(c2)C2(c4ccccc4-3)c3cc(N(c4ccccc4)c4ccccc4)ccc3-c3c2sc2ccccc32)cc1. The van der Waals surface area contributed by atoms with E-state index in [4.69, 9.17) is 0 Å². The zero-order chi connectivity index (χ0) is 48.1. The maximum atomic E-state index is 2.54. The minimum atomic E-state index is -0.594. The van der Waals surface area contributed by atoms with E-state index in [9.17, 15) is 0 Å². The summed E-state index contributed by atoms with van der Waals surface area (Å²) in [5.74, 6) is 0. The Labute approximate surface area is 430 Å². The number of hydrogen-bond donors (Lipinski definition) is 0. The highest BCUT2D eigenvalue weighted by molar-refractivity contribution is 7.20. The fraction of sp³-hybridized carbons (Fsp3) is 0.0286. The van der Waals surface area contributed by atoms with Gasteiger partial charge in [-0.1, -0.05) is 200 Å². The molecule has 1 atom stereocenters. The molecule has 11 aromatic carbocycles. The molecule has 3 heteroatoms. The first-order chi connectivity index (χ1) is 36.2. The molecule has 0 saturated carbocycles. The number of hydrogen-bond acceptors (Lipinski definition) is 3. The van der Waals surface area contributed by atoms with Gasteiger partial charge in [0, 0.05) is 54.7 Å². The third-order valence-electron chi connectivity index (χ3n) is 15.9. The van der Waals surface area contributed by atoms with Crippen molar-refractivity contribution in [1.29, 1.82) is 0 Å². The van der Waals surface area contributed by atoms with Crippen LogP contribution in [0, 0.1) is 0 Å². The van der Waals surface area contributed by atoms with Gasteiger partial charge in [-0.3, -0.25) is 0 Å². The molecule has 1 aromatic heterocycles. The van der Waals surface area contributed by atoms with Crippen LogP contribution in [-0.2, 0) is 10.8 Å². The first-order valence-corrected chi connectivity index (χ1v) is 26.1. The average molecular weight is 947 g/mol. The second-order valence-electron chi connectivity index (χ2n) is 19.5. The summed E-state index contributed by atoms with van der Waals surface area (Å²) in [5.41, 5.74) is 22.3. The standard InChI is InChI=1S/C70H46N2S/c1-6-22-47(23-7-1)69(48-24-8-2-9-25-48)61-35-19-16-32-55(61)57-41-38-53(44-63(57)69)72(51-30-14-5-15-31-51)54-39-42-58-56-33-17-20-36-62(56)70(64(58)45-54)65-46-52(71(49-26-10-3-11-27-49)50-28-12-4-13-29-50)40-43-59(65)67-60-34-18-21-37-66(60)73-68(67)70/h1-46H. The zero-order valence-electron chi connectivity index (χ0n) is 39.9. The number of anilines is 6. The van der Waals surface area contributed by atoms with Crippen LogP contribution < -0.4 is 9.80 Å². The van der Waals surface area contributed by atoms with Crippen LogP contribution in [0.1, 0.15) is 43.8 Å². The molecule has 0 N–H and O–H groups in total. The van der Waals surface area contributed by atoms with Crippen molar-refractivity contribution in [3.8, 4) is 33.4 Å². The molecule has 0 bridgehead atoms. The number of benzene rings is 11. The Bertz CT molecular complexity index is 4010. The molecule has 0 saturated heterocycles. The Hall–Kier alpha value is -9.02. The quantitative estimate of drug-likeness (QED) is 0.150. The van der Waals surface area contributed by atoms with E-state index in [1.54, 1.807) is 0 Å². The molecule has 1 unspecified atom stereocenters. The Kier molecular flexibility index (Phi) is 9.30. The van der Waals surface area contributed by atoms with Gasteiger partial charge in [0.15, 0.2) is 0 Å². The van der Waals surface area contributed by atoms with Crippen LogP contribution in [0.15, 0.2) is 279 Å². The first kappa shape index (κ1) is 41.7. The van der Waals surface area contributed by atoms with E-state index in [2.05, 4.69) is 289 Å². The highest BCUT2D eigenvalue weighted by Crippen LogP contribution is 2.67. The van der Waals surface area contributed by atoms with Gasteiger partial charge in [-0.25, -0.2) is 0 Å². The lowest BCUT2D eigenvalue weighted by molar-refractivity contribution is 0.768. The summed E-state index contributed by atoms with van der Waals surface area (Å²) in [6.07, 6.45) is 0. The van der Waals surface area contributed by atoms with Gasteiger partial charge >= 0.3 is 0 Å². The van der Waals surface area contributed by atoms with E-state index >= 15 is 0 Å². The molecule has 0 aliphatic heterocycles. The van der Waals surface area contributed by atoms with Gasteiger partial charge in [-0.05, 0) is 146 Å². The molecular weight excluding hydrogens is 901 g/mol. The van der Waals surface area contributed by atoms with E-state index in [0.717, 1.165) is 34.1 Å². The highest BCUT2D eigenvalue weighted by Gasteiger charge is 2.54. The molecule has 0 amide bonds. The summed E-state index contributed by atoms with van der Waals surface area (Å²) in [4.78, 5) is 6.28. The van der Waals surface area contributed by atoms with Crippen LogP contribution in [0.2, 0.25) is 0 Å². The molecule has 12 aromatic rings.